The number of rotatable bonds is 8. The number of urea groups is 1. The SMILES string of the molecule is Cc1nn(C)c(C)c1CCCNC(=O)NCC(C)(C)C(O)C(C)C. The van der Waals surface area contributed by atoms with E-state index in [0.717, 1.165) is 18.5 Å². The van der Waals surface area contributed by atoms with Crippen LogP contribution in [0.2, 0.25) is 0 Å². The van der Waals surface area contributed by atoms with E-state index in [9.17, 15) is 9.90 Å². The van der Waals surface area contributed by atoms with Crippen molar-refractivity contribution in [3.63, 3.8) is 0 Å². The third-order valence-electron chi connectivity index (χ3n) is 4.68. The summed E-state index contributed by atoms with van der Waals surface area (Å²) in [5.41, 5.74) is 3.15. The molecule has 6 nitrogen and oxygen atoms in total. The molecule has 0 saturated carbocycles. The summed E-state index contributed by atoms with van der Waals surface area (Å²) < 4.78 is 1.90. The number of hydrogen-bond acceptors (Lipinski definition) is 3. The van der Waals surface area contributed by atoms with Gasteiger partial charge in [0.2, 0.25) is 0 Å². The van der Waals surface area contributed by atoms with Gasteiger partial charge in [0.15, 0.2) is 0 Å². The molecule has 0 aliphatic rings. The molecule has 1 heterocycles. The second-order valence-electron chi connectivity index (χ2n) is 7.66. The molecule has 6 heteroatoms. The molecule has 0 saturated heterocycles. The van der Waals surface area contributed by atoms with Crippen LogP contribution in [0.4, 0.5) is 4.79 Å². The van der Waals surface area contributed by atoms with E-state index < -0.39 is 6.10 Å². The minimum absolute atomic E-state index is 0.163. The smallest absolute Gasteiger partial charge is 0.314 e. The predicted molar refractivity (Wildman–Crippen MR) is 97.0 cm³/mol. The molecular weight excluding hydrogens is 304 g/mol. The lowest BCUT2D eigenvalue weighted by atomic mass is 9.81. The van der Waals surface area contributed by atoms with E-state index in [-0.39, 0.29) is 17.4 Å². The van der Waals surface area contributed by atoms with Crippen LogP contribution >= 0.6 is 0 Å². The van der Waals surface area contributed by atoms with Crippen molar-refractivity contribution in [2.75, 3.05) is 13.1 Å². The molecule has 0 bridgehead atoms. The summed E-state index contributed by atoms with van der Waals surface area (Å²) in [6.07, 6.45) is 1.33. The summed E-state index contributed by atoms with van der Waals surface area (Å²) in [5, 5.41) is 20.3. The quantitative estimate of drug-likeness (QED) is 0.636. The zero-order valence-electron chi connectivity index (χ0n) is 16.2. The number of nitrogens with zero attached hydrogens (tertiary/aromatic N) is 2. The average Bonchev–Trinajstić information content (AvgIpc) is 2.74. The molecule has 1 atom stereocenters. The molecule has 0 radical (unpaired) electrons. The Morgan fingerprint density at radius 1 is 1.29 bits per heavy atom. The van der Waals surface area contributed by atoms with Gasteiger partial charge in [0.05, 0.1) is 11.8 Å². The molecule has 1 unspecified atom stereocenters. The molecule has 1 aromatic rings. The number of aryl methyl sites for hydroxylation is 2. The fourth-order valence-electron chi connectivity index (χ4n) is 3.02. The Morgan fingerprint density at radius 3 is 2.42 bits per heavy atom. The van der Waals surface area contributed by atoms with Crippen molar-refractivity contribution in [3.05, 3.63) is 17.0 Å². The van der Waals surface area contributed by atoms with E-state index in [4.69, 9.17) is 0 Å². The summed E-state index contributed by atoms with van der Waals surface area (Å²) in [4.78, 5) is 11.9. The average molecular weight is 338 g/mol. The molecule has 0 aliphatic heterocycles. The van der Waals surface area contributed by atoms with E-state index in [1.807, 2.05) is 46.3 Å². The molecule has 0 aromatic carbocycles. The maximum atomic E-state index is 11.9. The molecular formula is C18H34N4O2. The van der Waals surface area contributed by atoms with Crippen molar-refractivity contribution in [1.29, 1.82) is 0 Å². The van der Waals surface area contributed by atoms with Crippen molar-refractivity contribution < 1.29 is 9.90 Å². The number of aliphatic hydroxyl groups excluding tert-OH is 1. The van der Waals surface area contributed by atoms with E-state index >= 15 is 0 Å². The lowest BCUT2D eigenvalue weighted by molar-refractivity contribution is 0.0151. The molecule has 24 heavy (non-hydrogen) atoms. The van der Waals surface area contributed by atoms with E-state index in [2.05, 4.69) is 22.7 Å². The highest BCUT2D eigenvalue weighted by Gasteiger charge is 2.30. The molecule has 138 valence electrons. The van der Waals surface area contributed by atoms with Gasteiger partial charge in [-0.3, -0.25) is 4.68 Å². The number of carbonyl (C=O) groups is 1. The van der Waals surface area contributed by atoms with Crippen molar-refractivity contribution in [2.24, 2.45) is 18.4 Å². The second-order valence-corrected chi connectivity index (χ2v) is 7.66. The predicted octanol–water partition coefficient (Wildman–Crippen LogP) is 2.31. The molecule has 0 aliphatic carbocycles. The highest BCUT2D eigenvalue weighted by atomic mass is 16.3. The van der Waals surface area contributed by atoms with Gasteiger partial charge in [-0.2, -0.15) is 5.10 Å². The summed E-state index contributed by atoms with van der Waals surface area (Å²) in [5.74, 6) is 0.163. The van der Waals surface area contributed by atoms with Crippen LogP contribution in [0.1, 0.15) is 51.1 Å². The van der Waals surface area contributed by atoms with Gasteiger partial charge in [0.1, 0.15) is 0 Å². The zero-order chi connectivity index (χ0) is 18.5. The summed E-state index contributed by atoms with van der Waals surface area (Å²) >= 11 is 0. The molecule has 0 spiro atoms. The molecule has 1 aromatic heterocycles. The first-order valence-corrected chi connectivity index (χ1v) is 8.75. The third-order valence-corrected chi connectivity index (χ3v) is 4.68. The maximum Gasteiger partial charge on any atom is 0.314 e. The van der Waals surface area contributed by atoms with Gasteiger partial charge in [-0.1, -0.05) is 27.7 Å². The second kappa shape index (κ2) is 8.51. The monoisotopic (exact) mass is 338 g/mol. The Labute approximate surface area is 146 Å². The van der Waals surface area contributed by atoms with Crippen LogP contribution in [0, 0.1) is 25.2 Å². The Kier molecular flexibility index (Phi) is 7.27. The molecule has 0 fully saturated rings. The zero-order valence-corrected chi connectivity index (χ0v) is 16.2. The van der Waals surface area contributed by atoms with Crippen molar-refractivity contribution in [3.8, 4) is 0 Å². The molecule has 3 N–H and O–H groups in total. The first-order valence-electron chi connectivity index (χ1n) is 8.75. The minimum Gasteiger partial charge on any atom is -0.392 e. The van der Waals surface area contributed by atoms with Crippen LogP contribution in [0.15, 0.2) is 0 Å². The number of amides is 2. The van der Waals surface area contributed by atoms with E-state index in [0.29, 0.717) is 13.1 Å². The van der Waals surface area contributed by atoms with Gasteiger partial charge in [-0.05, 0) is 38.2 Å². The van der Waals surface area contributed by atoms with Gasteiger partial charge in [-0.15, -0.1) is 0 Å². The maximum absolute atomic E-state index is 11.9. The number of aromatic nitrogens is 2. The lowest BCUT2D eigenvalue weighted by Gasteiger charge is -2.33. The van der Waals surface area contributed by atoms with Crippen molar-refractivity contribution in [1.82, 2.24) is 20.4 Å². The third kappa shape index (κ3) is 5.51. The molecule has 2 amide bonds. The minimum atomic E-state index is -0.450. The van der Waals surface area contributed by atoms with Crippen LogP contribution in [0.5, 0.6) is 0 Å². The van der Waals surface area contributed by atoms with Gasteiger partial charge in [0.25, 0.3) is 0 Å². The van der Waals surface area contributed by atoms with Crippen LogP contribution in [0.25, 0.3) is 0 Å². The van der Waals surface area contributed by atoms with Crippen LogP contribution in [-0.4, -0.2) is 40.1 Å². The highest BCUT2D eigenvalue weighted by molar-refractivity contribution is 5.73. The first kappa shape index (κ1) is 20.5. The fraction of sp³-hybridized carbons (Fsp3) is 0.778. The van der Waals surface area contributed by atoms with Crippen LogP contribution in [0.3, 0.4) is 0 Å². The summed E-state index contributed by atoms with van der Waals surface area (Å²) in [6.45, 7) is 13.0. The van der Waals surface area contributed by atoms with E-state index in [1.54, 1.807) is 0 Å². The van der Waals surface area contributed by atoms with Crippen molar-refractivity contribution >= 4 is 6.03 Å². The number of aliphatic hydroxyl groups is 1. The Bertz CT molecular complexity index is 549. The van der Waals surface area contributed by atoms with Gasteiger partial charge < -0.3 is 15.7 Å². The molecule has 1 rings (SSSR count). The normalized spacial score (nSPS) is 13.2. The summed E-state index contributed by atoms with van der Waals surface area (Å²) in [7, 11) is 1.95. The topological polar surface area (TPSA) is 79.2 Å². The number of hydrogen-bond donors (Lipinski definition) is 3. The highest BCUT2D eigenvalue weighted by Crippen LogP contribution is 2.24. The fourth-order valence-corrected chi connectivity index (χ4v) is 3.02. The number of carbonyl (C=O) groups excluding carboxylic acids is 1. The Balaban J connectivity index is 2.32. The van der Waals surface area contributed by atoms with Crippen LogP contribution in [-0.2, 0) is 13.5 Å². The van der Waals surface area contributed by atoms with Gasteiger partial charge in [-0.25, -0.2) is 4.79 Å². The summed E-state index contributed by atoms with van der Waals surface area (Å²) in [6, 6.07) is -0.182. The first-order chi connectivity index (χ1) is 11.1. The lowest BCUT2D eigenvalue weighted by Crippen LogP contribution is -2.46. The largest absolute Gasteiger partial charge is 0.392 e. The Morgan fingerprint density at radius 2 is 1.92 bits per heavy atom. The van der Waals surface area contributed by atoms with Gasteiger partial charge in [0, 0.05) is 31.2 Å². The number of nitrogens with one attached hydrogen (secondary N) is 2. The standard InChI is InChI=1S/C18H34N4O2/c1-12(2)16(23)18(5,6)11-20-17(24)19-10-8-9-15-13(3)21-22(7)14(15)4/h12,16,23H,8-11H2,1-7H3,(H2,19,20,24). The van der Waals surface area contributed by atoms with E-state index in [1.165, 1.54) is 11.3 Å². The van der Waals surface area contributed by atoms with Crippen LogP contribution < -0.4 is 10.6 Å². The van der Waals surface area contributed by atoms with Crippen molar-refractivity contribution in [2.45, 2.75) is 60.5 Å². The van der Waals surface area contributed by atoms with Gasteiger partial charge >= 0.3 is 6.03 Å². The Hall–Kier alpha value is -1.56.